The zero-order chi connectivity index (χ0) is 12.1. The van der Waals surface area contributed by atoms with Gasteiger partial charge in [0.2, 0.25) is 18.1 Å². The Balaban J connectivity index is 2.01. The van der Waals surface area contributed by atoms with E-state index in [1.807, 2.05) is 11.4 Å². The molecule has 2 aliphatic carbocycles. The highest BCUT2D eigenvalue weighted by molar-refractivity contribution is 6.78. The van der Waals surface area contributed by atoms with Crippen molar-refractivity contribution in [3.8, 4) is 0 Å². The van der Waals surface area contributed by atoms with Crippen LogP contribution >= 0.6 is 0 Å². The second-order valence-corrected chi connectivity index (χ2v) is 9.39. The van der Waals surface area contributed by atoms with Crippen LogP contribution in [0.4, 0.5) is 0 Å². The minimum absolute atomic E-state index is 1.04. The third kappa shape index (κ3) is 2.94. The lowest BCUT2D eigenvalue weighted by Gasteiger charge is -2.20. The lowest BCUT2D eigenvalue weighted by atomic mass is 10.5. The van der Waals surface area contributed by atoms with Crippen LogP contribution in [0.5, 0.6) is 0 Å². The molecule has 0 amide bonds. The van der Waals surface area contributed by atoms with Crippen LogP contribution < -0.4 is 0 Å². The molecule has 0 aromatic heterocycles. The molecule has 2 atom stereocenters. The van der Waals surface area contributed by atoms with E-state index in [9.17, 15) is 0 Å². The minimum atomic E-state index is -1.41. The zero-order valence-electron chi connectivity index (χ0n) is 10.0. The van der Waals surface area contributed by atoms with E-state index >= 15 is 0 Å². The number of allylic oxidation sites excluding steroid dienone is 8. The van der Waals surface area contributed by atoms with Gasteiger partial charge in [0, 0.05) is 0 Å². The lowest BCUT2D eigenvalue weighted by Crippen LogP contribution is -2.30. The number of hydrogen-bond acceptors (Lipinski definition) is 1. The molecular formula is C14H18OSi2. The monoisotopic (exact) mass is 258 g/mol. The molecule has 3 heteroatoms. The second-order valence-electron chi connectivity index (χ2n) is 4.20. The van der Waals surface area contributed by atoms with E-state index in [-0.39, 0.29) is 0 Å². The van der Waals surface area contributed by atoms with Crippen LogP contribution in [-0.2, 0) is 4.12 Å². The Bertz CT molecular complexity index is 390. The first kappa shape index (κ1) is 12.3. The van der Waals surface area contributed by atoms with Crippen LogP contribution in [0.2, 0.25) is 0 Å². The molecule has 0 heterocycles. The van der Waals surface area contributed by atoms with Crippen molar-refractivity contribution in [1.29, 1.82) is 0 Å². The Morgan fingerprint density at radius 3 is 1.71 bits per heavy atom. The van der Waals surface area contributed by atoms with Gasteiger partial charge in [-0.2, -0.15) is 0 Å². The van der Waals surface area contributed by atoms with Crippen molar-refractivity contribution in [3.05, 3.63) is 71.4 Å². The summed E-state index contributed by atoms with van der Waals surface area (Å²) in [5.41, 5.74) is 4.07. The van der Waals surface area contributed by atoms with Crippen molar-refractivity contribution in [2.24, 2.45) is 0 Å². The maximum Gasteiger partial charge on any atom is 0.216 e. The molecule has 0 fully saturated rings. The molecule has 2 rings (SSSR count). The second kappa shape index (κ2) is 5.95. The summed E-state index contributed by atoms with van der Waals surface area (Å²) in [6.45, 7) is 7.88. The quantitative estimate of drug-likeness (QED) is 0.666. The van der Waals surface area contributed by atoms with Gasteiger partial charge in [-0.25, -0.2) is 0 Å². The van der Waals surface area contributed by atoms with E-state index in [1.54, 1.807) is 0 Å². The molecule has 0 saturated heterocycles. The Kier molecular flexibility index (Phi) is 4.31. The van der Waals surface area contributed by atoms with Gasteiger partial charge < -0.3 is 4.12 Å². The number of rotatable bonds is 6. The van der Waals surface area contributed by atoms with Crippen LogP contribution in [0.25, 0.3) is 0 Å². The molecule has 0 N–H and O–H groups in total. The summed E-state index contributed by atoms with van der Waals surface area (Å²) in [6, 6.07) is 0. The van der Waals surface area contributed by atoms with Gasteiger partial charge in [0.1, 0.15) is 0 Å². The minimum Gasteiger partial charge on any atom is -0.447 e. The number of hydrogen-bond donors (Lipinski definition) is 0. The molecule has 0 saturated carbocycles. The van der Waals surface area contributed by atoms with Crippen molar-refractivity contribution in [3.63, 3.8) is 0 Å². The molecule has 2 aliphatic rings. The van der Waals surface area contributed by atoms with Crippen LogP contribution in [0.15, 0.2) is 71.4 Å². The third-order valence-electron chi connectivity index (χ3n) is 3.05. The van der Waals surface area contributed by atoms with E-state index in [0.29, 0.717) is 0 Å². The van der Waals surface area contributed by atoms with E-state index < -0.39 is 18.1 Å². The van der Waals surface area contributed by atoms with Crippen LogP contribution in [-0.4, -0.2) is 18.1 Å². The molecule has 1 nitrogen and oxygen atoms in total. The maximum atomic E-state index is 6.34. The summed E-state index contributed by atoms with van der Waals surface area (Å²) >= 11 is 0. The van der Waals surface area contributed by atoms with E-state index in [4.69, 9.17) is 4.12 Å². The molecule has 0 spiro atoms. The smallest absolute Gasteiger partial charge is 0.216 e. The van der Waals surface area contributed by atoms with Crippen molar-refractivity contribution >= 4 is 18.1 Å². The van der Waals surface area contributed by atoms with Gasteiger partial charge in [-0.15, -0.1) is 13.2 Å². The van der Waals surface area contributed by atoms with Crippen molar-refractivity contribution in [2.45, 2.75) is 12.8 Å². The molecular weight excluding hydrogens is 240 g/mol. The van der Waals surface area contributed by atoms with Gasteiger partial charge in [-0.05, 0) is 12.8 Å². The Morgan fingerprint density at radius 1 is 0.941 bits per heavy atom. The molecule has 2 unspecified atom stereocenters. The standard InChI is InChI=1S/C14H18OSi2/c1-3-16(13-9-5-6-10-13)15-17(4-2)14-11-7-8-12-14/h3-9,11,16-17H,1-2,10,12H2. The van der Waals surface area contributed by atoms with Gasteiger partial charge in [0.15, 0.2) is 0 Å². The summed E-state index contributed by atoms with van der Waals surface area (Å²) in [7, 11) is -2.83. The molecule has 17 heavy (non-hydrogen) atoms. The van der Waals surface area contributed by atoms with Gasteiger partial charge in [-0.1, -0.05) is 58.2 Å². The fraction of sp³-hybridized carbons (Fsp3) is 0.143. The SMILES string of the molecule is C=C[SiH](O[SiH](C=C)C1=CC=CC1)C1=CC=CC1. The summed E-state index contributed by atoms with van der Waals surface area (Å²) in [5.74, 6) is 0. The van der Waals surface area contributed by atoms with Crippen LogP contribution in [0, 0.1) is 0 Å². The van der Waals surface area contributed by atoms with Crippen molar-refractivity contribution in [1.82, 2.24) is 0 Å². The Morgan fingerprint density at radius 2 is 1.41 bits per heavy atom. The highest BCUT2D eigenvalue weighted by atomic mass is 28.4. The van der Waals surface area contributed by atoms with Gasteiger partial charge in [0.25, 0.3) is 0 Å². The molecule has 0 aromatic rings. The summed E-state index contributed by atoms with van der Waals surface area (Å²) in [5, 5.41) is 2.87. The first-order valence-electron chi connectivity index (χ1n) is 5.97. The summed E-state index contributed by atoms with van der Waals surface area (Å²) < 4.78 is 6.34. The van der Waals surface area contributed by atoms with E-state index in [2.05, 4.69) is 49.6 Å². The topological polar surface area (TPSA) is 9.23 Å². The van der Waals surface area contributed by atoms with Gasteiger partial charge in [0.05, 0.1) is 0 Å². The Hall–Kier alpha value is -1.17. The molecule has 88 valence electrons. The molecule has 0 radical (unpaired) electrons. The van der Waals surface area contributed by atoms with E-state index in [0.717, 1.165) is 12.8 Å². The zero-order valence-corrected chi connectivity index (χ0v) is 12.3. The average Bonchev–Trinajstić information content (AvgIpc) is 3.03. The summed E-state index contributed by atoms with van der Waals surface area (Å²) in [6.07, 6.45) is 15.1. The van der Waals surface area contributed by atoms with Crippen molar-refractivity contribution in [2.75, 3.05) is 0 Å². The third-order valence-corrected chi connectivity index (χ3v) is 8.57. The predicted molar refractivity (Wildman–Crippen MR) is 79.5 cm³/mol. The van der Waals surface area contributed by atoms with Gasteiger partial charge in [-0.3, -0.25) is 0 Å². The summed E-state index contributed by atoms with van der Waals surface area (Å²) in [4.78, 5) is 0. The molecule has 0 aromatic carbocycles. The fourth-order valence-corrected chi connectivity index (χ4v) is 7.59. The van der Waals surface area contributed by atoms with E-state index in [1.165, 1.54) is 10.4 Å². The first-order valence-corrected chi connectivity index (χ1v) is 9.40. The van der Waals surface area contributed by atoms with Crippen LogP contribution in [0.3, 0.4) is 0 Å². The van der Waals surface area contributed by atoms with Crippen LogP contribution in [0.1, 0.15) is 12.8 Å². The van der Waals surface area contributed by atoms with Gasteiger partial charge >= 0.3 is 0 Å². The Labute approximate surface area is 107 Å². The normalized spacial score (nSPS) is 20.9. The average molecular weight is 258 g/mol. The molecule has 0 aliphatic heterocycles. The first-order chi connectivity index (χ1) is 8.35. The van der Waals surface area contributed by atoms with Crippen molar-refractivity contribution < 1.29 is 4.12 Å². The highest BCUT2D eigenvalue weighted by Crippen LogP contribution is 2.20. The maximum absolute atomic E-state index is 6.34. The highest BCUT2D eigenvalue weighted by Gasteiger charge is 2.22. The lowest BCUT2D eigenvalue weighted by molar-refractivity contribution is 0.619. The fourth-order valence-electron chi connectivity index (χ4n) is 2.10. The largest absolute Gasteiger partial charge is 0.447 e. The predicted octanol–water partition coefficient (Wildman–Crippen LogP) is 2.75. The molecule has 0 bridgehead atoms.